The molecule has 1 atom stereocenters. The summed E-state index contributed by atoms with van der Waals surface area (Å²) in [6, 6.07) is 5.98. The third-order valence-electron chi connectivity index (χ3n) is 5.30. The van der Waals surface area contributed by atoms with Crippen LogP contribution in [0.2, 0.25) is 0 Å². The van der Waals surface area contributed by atoms with Gasteiger partial charge < -0.3 is 9.80 Å². The van der Waals surface area contributed by atoms with E-state index in [1.165, 1.54) is 0 Å². The van der Waals surface area contributed by atoms with Crippen molar-refractivity contribution >= 4 is 11.8 Å². The summed E-state index contributed by atoms with van der Waals surface area (Å²) in [5.41, 5.74) is 0.846. The highest BCUT2D eigenvalue weighted by atomic mass is 16.2. The maximum Gasteiger partial charge on any atom is 0.228 e. The molecule has 0 saturated carbocycles. The molecule has 0 aromatic carbocycles. The van der Waals surface area contributed by atoms with E-state index >= 15 is 0 Å². The lowest BCUT2D eigenvalue weighted by atomic mass is 10.1. The molecule has 0 spiro atoms. The summed E-state index contributed by atoms with van der Waals surface area (Å²) < 4.78 is 0. The van der Waals surface area contributed by atoms with Gasteiger partial charge in [0.15, 0.2) is 0 Å². The Morgan fingerprint density at radius 3 is 2.65 bits per heavy atom. The Bertz CT molecular complexity index is 641. The molecule has 6 heteroatoms. The molecule has 6 nitrogen and oxygen atoms in total. The average Bonchev–Trinajstić information content (AvgIpc) is 2.85. The van der Waals surface area contributed by atoms with Crippen LogP contribution in [0.5, 0.6) is 0 Å². The van der Waals surface area contributed by atoms with Gasteiger partial charge in [0.05, 0.1) is 11.6 Å². The second kappa shape index (κ2) is 7.74. The largest absolute Gasteiger partial charge is 0.341 e. The number of amides is 2. The summed E-state index contributed by atoms with van der Waals surface area (Å²) in [5, 5.41) is 0. The van der Waals surface area contributed by atoms with E-state index in [0.29, 0.717) is 13.0 Å². The predicted molar refractivity (Wildman–Crippen MR) is 100 cm³/mol. The number of pyridine rings is 1. The molecule has 3 heterocycles. The molecule has 142 valence electrons. The van der Waals surface area contributed by atoms with Crippen molar-refractivity contribution in [1.29, 1.82) is 0 Å². The Balaban J connectivity index is 1.56. The van der Waals surface area contributed by atoms with Gasteiger partial charge in [0.2, 0.25) is 11.8 Å². The lowest BCUT2D eigenvalue weighted by molar-refractivity contribution is -0.135. The number of carbonyl (C=O) groups is 2. The van der Waals surface area contributed by atoms with E-state index in [1.54, 1.807) is 0 Å². The monoisotopic (exact) mass is 358 g/mol. The maximum atomic E-state index is 13.0. The lowest BCUT2D eigenvalue weighted by Gasteiger charge is -2.32. The minimum absolute atomic E-state index is 0.0995. The number of hydrogen-bond donors (Lipinski definition) is 0. The minimum Gasteiger partial charge on any atom is -0.341 e. The zero-order valence-corrected chi connectivity index (χ0v) is 16.1. The highest BCUT2D eigenvalue weighted by molar-refractivity contribution is 5.89. The van der Waals surface area contributed by atoms with Gasteiger partial charge in [-0.15, -0.1) is 0 Å². The van der Waals surface area contributed by atoms with E-state index in [2.05, 4.69) is 9.88 Å². The topological polar surface area (TPSA) is 56.8 Å². The number of likely N-dealkylation sites (tertiary alicyclic amines) is 1. The summed E-state index contributed by atoms with van der Waals surface area (Å²) in [5.74, 6) is 0.0521. The van der Waals surface area contributed by atoms with Crippen LogP contribution in [0.15, 0.2) is 24.4 Å². The molecule has 1 aromatic rings. The number of hydrogen-bond acceptors (Lipinski definition) is 4. The van der Waals surface area contributed by atoms with Crippen LogP contribution in [0.3, 0.4) is 0 Å². The second-order valence-electron chi connectivity index (χ2n) is 8.35. The normalized spacial score (nSPS) is 22.6. The molecule has 0 bridgehead atoms. The molecule has 2 amide bonds. The first-order chi connectivity index (χ1) is 12.3. The molecule has 0 N–H and O–H groups in total. The Hall–Kier alpha value is -1.95. The van der Waals surface area contributed by atoms with Crippen LogP contribution in [0, 0.1) is 5.92 Å². The molecule has 26 heavy (non-hydrogen) atoms. The smallest absolute Gasteiger partial charge is 0.228 e. The number of nitrogens with zero attached hydrogens (tertiary/aromatic N) is 4. The summed E-state index contributed by atoms with van der Waals surface area (Å²) in [6.45, 7) is 10.8. The molecule has 0 radical (unpaired) electrons. The van der Waals surface area contributed by atoms with Crippen molar-refractivity contribution in [2.45, 2.75) is 45.7 Å². The lowest BCUT2D eigenvalue weighted by Crippen LogP contribution is -2.44. The summed E-state index contributed by atoms with van der Waals surface area (Å²) >= 11 is 0. The van der Waals surface area contributed by atoms with Crippen molar-refractivity contribution in [2.75, 3.05) is 32.7 Å². The molecule has 3 rings (SSSR count). The fraction of sp³-hybridized carbons (Fsp3) is 0.650. The van der Waals surface area contributed by atoms with Gasteiger partial charge in [-0.05, 0) is 39.3 Å². The van der Waals surface area contributed by atoms with Crippen LogP contribution < -0.4 is 0 Å². The Morgan fingerprint density at radius 2 is 2.00 bits per heavy atom. The first-order valence-electron chi connectivity index (χ1n) is 9.56. The Labute approximate surface area is 156 Å². The highest BCUT2D eigenvalue weighted by Gasteiger charge is 2.40. The fourth-order valence-electron chi connectivity index (χ4n) is 3.85. The van der Waals surface area contributed by atoms with E-state index < -0.39 is 0 Å². The second-order valence-corrected chi connectivity index (χ2v) is 8.35. The fourth-order valence-corrected chi connectivity index (χ4v) is 3.85. The average molecular weight is 358 g/mol. The third-order valence-corrected chi connectivity index (χ3v) is 5.30. The molecule has 1 aromatic heterocycles. The highest BCUT2D eigenvalue weighted by Crippen LogP contribution is 2.27. The van der Waals surface area contributed by atoms with Crippen molar-refractivity contribution in [3.63, 3.8) is 0 Å². The van der Waals surface area contributed by atoms with E-state index in [4.69, 9.17) is 0 Å². The van der Waals surface area contributed by atoms with Crippen LogP contribution in [0.25, 0.3) is 0 Å². The van der Waals surface area contributed by atoms with Gasteiger partial charge in [-0.25, -0.2) is 0 Å². The number of aromatic nitrogens is 1. The number of rotatable bonds is 3. The first-order valence-corrected chi connectivity index (χ1v) is 9.56. The molecule has 1 unspecified atom stereocenters. The molecule has 0 aliphatic carbocycles. The zero-order chi connectivity index (χ0) is 18.7. The van der Waals surface area contributed by atoms with Gasteiger partial charge in [0, 0.05) is 57.4 Å². The van der Waals surface area contributed by atoms with E-state index in [9.17, 15) is 9.59 Å². The van der Waals surface area contributed by atoms with Crippen LogP contribution in [0.1, 0.15) is 39.3 Å². The molecule has 2 aliphatic heterocycles. The summed E-state index contributed by atoms with van der Waals surface area (Å²) in [6.07, 6.45) is 3.13. The summed E-state index contributed by atoms with van der Waals surface area (Å²) in [4.78, 5) is 35.8. The molecular formula is C20H30N4O2. The van der Waals surface area contributed by atoms with Crippen LogP contribution in [-0.2, 0) is 16.1 Å². The van der Waals surface area contributed by atoms with Crippen LogP contribution in [-0.4, -0.2) is 69.8 Å². The van der Waals surface area contributed by atoms with Crippen molar-refractivity contribution < 1.29 is 9.59 Å². The van der Waals surface area contributed by atoms with Gasteiger partial charge >= 0.3 is 0 Å². The van der Waals surface area contributed by atoms with Crippen molar-refractivity contribution in [1.82, 2.24) is 19.7 Å². The number of carbonyl (C=O) groups excluding carboxylic acids is 2. The van der Waals surface area contributed by atoms with E-state index in [1.807, 2.05) is 55.0 Å². The van der Waals surface area contributed by atoms with Gasteiger partial charge in [-0.3, -0.25) is 19.5 Å². The molecule has 2 aliphatic rings. The van der Waals surface area contributed by atoms with Crippen molar-refractivity contribution in [2.24, 2.45) is 5.92 Å². The first kappa shape index (κ1) is 18.8. The van der Waals surface area contributed by atoms with Gasteiger partial charge in [0.25, 0.3) is 0 Å². The minimum atomic E-state index is -0.218. The van der Waals surface area contributed by atoms with Gasteiger partial charge in [-0.1, -0.05) is 6.07 Å². The van der Waals surface area contributed by atoms with Crippen molar-refractivity contribution in [3.8, 4) is 0 Å². The van der Waals surface area contributed by atoms with E-state index in [0.717, 1.165) is 44.8 Å². The Morgan fingerprint density at radius 1 is 1.19 bits per heavy atom. The predicted octanol–water partition coefficient (Wildman–Crippen LogP) is 1.76. The maximum absolute atomic E-state index is 13.0. The quantitative estimate of drug-likeness (QED) is 0.826. The molecular weight excluding hydrogens is 328 g/mol. The van der Waals surface area contributed by atoms with E-state index in [-0.39, 0.29) is 23.3 Å². The molecule has 2 saturated heterocycles. The Kier molecular flexibility index (Phi) is 5.61. The standard InChI is InChI=1S/C20H30N4O2/c1-20(2,3)24-14-16(13-18(24)25)19(26)23-10-6-9-22(11-12-23)15-17-7-4-5-8-21-17/h4-5,7-8,16H,6,9-15H2,1-3H3. The molecule has 2 fully saturated rings. The van der Waals surface area contributed by atoms with Crippen LogP contribution >= 0.6 is 0 Å². The van der Waals surface area contributed by atoms with Crippen molar-refractivity contribution in [3.05, 3.63) is 30.1 Å². The van der Waals surface area contributed by atoms with Crippen LogP contribution in [0.4, 0.5) is 0 Å². The third kappa shape index (κ3) is 4.41. The van der Waals surface area contributed by atoms with Gasteiger partial charge in [-0.2, -0.15) is 0 Å². The SMILES string of the molecule is CC(C)(C)N1CC(C(=O)N2CCCN(Cc3ccccn3)CC2)CC1=O. The zero-order valence-electron chi connectivity index (χ0n) is 16.1. The summed E-state index contributed by atoms with van der Waals surface area (Å²) in [7, 11) is 0. The van der Waals surface area contributed by atoms with Gasteiger partial charge in [0.1, 0.15) is 0 Å².